The van der Waals surface area contributed by atoms with Gasteiger partial charge in [-0.15, -0.1) is 33.1 Å². The topological polar surface area (TPSA) is 68.3 Å². The van der Waals surface area contributed by atoms with Gasteiger partial charge in [0, 0.05) is 4.90 Å². The van der Waals surface area contributed by atoms with E-state index in [2.05, 4.69) is 45.1 Å². The third-order valence-electron chi connectivity index (χ3n) is 2.89. The highest BCUT2D eigenvalue weighted by Crippen LogP contribution is 2.29. The van der Waals surface area contributed by atoms with Crippen molar-refractivity contribution < 1.29 is 0 Å². The lowest BCUT2D eigenvalue weighted by molar-refractivity contribution is 0.861. The van der Waals surface area contributed by atoms with Crippen molar-refractivity contribution in [1.82, 2.24) is 20.0 Å². The molecule has 0 aliphatic carbocycles. The maximum Gasteiger partial charge on any atom is 0.252 e. The fraction of sp³-hybridized carbons (Fsp3) is 0.214. The predicted octanol–water partition coefficient (Wildman–Crippen LogP) is 4.85. The second-order valence-electron chi connectivity index (χ2n) is 4.54. The van der Waals surface area contributed by atoms with Crippen molar-refractivity contribution in [3.05, 3.63) is 36.2 Å². The molecule has 0 atom stereocenters. The Hall–Kier alpha value is -1.71. The zero-order chi connectivity index (χ0) is 16.2. The number of aryl methyl sites for hydroxylation is 1. The summed E-state index contributed by atoms with van der Waals surface area (Å²) in [5.74, 6) is 0.961. The summed E-state index contributed by atoms with van der Waals surface area (Å²) in [5.41, 5.74) is 2.46. The molecule has 118 valence electrons. The number of hydrogen-bond donors (Lipinski definition) is 1. The van der Waals surface area contributed by atoms with Crippen molar-refractivity contribution in [1.29, 1.82) is 0 Å². The maximum absolute atomic E-state index is 4.46. The highest BCUT2D eigenvalue weighted by molar-refractivity contribution is 8.01. The quantitative estimate of drug-likeness (QED) is 0.400. The molecular weight excluding hydrogens is 348 g/mol. The molecule has 0 radical (unpaired) electrons. The molecule has 0 unspecified atom stereocenters. The van der Waals surface area contributed by atoms with Gasteiger partial charge in [-0.25, -0.2) is 4.68 Å². The molecule has 2 heterocycles. The summed E-state index contributed by atoms with van der Waals surface area (Å²) in [7, 11) is 0. The molecule has 1 aromatic carbocycles. The first kappa shape index (κ1) is 16.2. The molecule has 6 nitrogen and oxygen atoms in total. The number of nitrogens with zero attached hydrogens (tertiary/aromatic N) is 6. The molecule has 0 amide bonds. The van der Waals surface area contributed by atoms with Crippen LogP contribution in [0.2, 0.25) is 0 Å². The molecule has 3 aromatic rings. The van der Waals surface area contributed by atoms with Crippen LogP contribution in [0.25, 0.3) is 5.69 Å². The molecule has 23 heavy (non-hydrogen) atoms. The number of rotatable bonds is 5. The highest BCUT2D eigenvalue weighted by Gasteiger charge is 2.07. The maximum atomic E-state index is 4.46. The predicted molar refractivity (Wildman–Crippen MR) is 96.0 cm³/mol. The van der Waals surface area contributed by atoms with Crippen LogP contribution >= 0.6 is 35.7 Å². The third-order valence-corrected chi connectivity index (χ3v) is 5.02. The van der Waals surface area contributed by atoms with Crippen LogP contribution in [0.5, 0.6) is 0 Å². The normalized spacial score (nSPS) is 11.4. The van der Waals surface area contributed by atoms with Crippen LogP contribution in [0.1, 0.15) is 12.6 Å². The van der Waals surface area contributed by atoms with Crippen molar-refractivity contribution in [3.63, 3.8) is 0 Å². The van der Waals surface area contributed by atoms with Crippen molar-refractivity contribution in [2.45, 2.75) is 23.1 Å². The lowest BCUT2D eigenvalue weighted by Gasteiger charge is -2.00. The largest absolute Gasteiger partial charge is 0.252 e. The Morgan fingerprint density at radius 1 is 1.22 bits per heavy atom. The molecule has 2 aromatic heterocycles. The molecule has 0 fully saturated rings. The zero-order valence-corrected chi connectivity index (χ0v) is 15.1. The number of thiol groups is 1. The first-order chi connectivity index (χ1) is 11.2. The van der Waals surface area contributed by atoms with E-state index in [1.54, 1.807) is 16.4 Å². The van der Waals surface area contributed by atoms with Crippen molar-refractivity contribution >= 4 is 46.5 Å². The van der Waals surface area contributed by atoms with Crippen molar-refractivity contribution in [2.75, 3.05) is 5.75 Å². The van der Waals surface area contributed by atoms with E-state index in [0.717, 1.165) is 26.4 Å². The van der Waals surface area contributed by atoms with Crippen LogP contribution in [0.3, 0.4) is 0 Å². The van der Waals surface area contributed by atoms with Crippen LogP contribution in [-0.2, 0) is 0 Å². The minimum Gasteiger partial charge on any atom is -0.238 e. The number of benzene rings is 1. The second-order valence-corrected chi connectivity index (χ2v) is 7.53. The SMILES string of the molecule is CCSc1nnc(N=Nc2cn(-c3ccc(S)cc3)nc2C)s1. The summed E-state index contributed by atoms with van der Waals surface area (Å²) in [5, 5.41) is 21.5. The summed E-state index contributed by atoms with van der Waals surface area (Å²) in [6, 6.07) is 7.75. The van der Waals surface area contributed by atoms with Crippen LogP contribution < -0.4 is 0 Å². The van der Waals surface area contributed by atoms with Crippen LogP contribution in [0.15, 0.2) is 49.9 Å². The van der Waals surface area contributed by atoms with E-state index in [4.69, 9.17) is 0 Å². The first-order valence-electron chi connectivity index (χ1n) is 6.89. The van der Waals surface area contributed by atoms with Crippen LogP contribution in [0.4, 0.5) is 10.8 Å². The standard InChI is InChI=1S/C14H14N6S3/c1-3-22-14-18-17-13(23-14)16-15-12-8-20(19-9(12)2)10-4-6-11(21)7-5-10/h4-8,21H,3H2,1-2H3. The van der Waals surface area contributed by atoms with Gasteiger partial charge in [0.15, 0.2) is 4.34 Å². The number of azo groups is 1. The Balaban J connectivity index is 1.80. The van der Waals surface area contributed by atoms with Gasteiger partial charge in [0.2, 0.25) is 0 Å². The van der Waals surface area contributed by atoms with E-state index in [1.807, 2.05) is 37.4 Å². The van der Waals surface area contributed by atoms with Gasteiger partial charge in [-0.3, -0.25) is 0 Å². The Morgan fingerprint density at radius 2 is 2.00 bits per heavy atom. The fourth-order valence-electron chi connectivity index (χ4n) is 1.81. The van der Waals surface area contributed by atoms with E-state index in [9.17, 15) is 0 Å². The van der Waals surface area contributed by atoms with Gasteiger partial charge < -0.3 is 0 Å². The summed E-state index contributed by atoms with van der Waals surface area (Å²) in [4.78, 5) is 0.912. The molecule has 9 heteroatoms. The molecule has 0 N–H and O–H groups in total. The summed E-state index contributed by atoms with van der Waals surface area (Å²) < 4.78 is 2.68. The lowest BCUT2D eigenvalue weighted by Crippen LogP contribution is -1.93. The Morgan fingerprint density at radius 3 is 2.74 bits per heavy atom. The average molecular weight is 363 g/mol. The number of aromatic nitrogens is 4. The van der Waals surface area contributed by atoms with Gasteiger partial charge in [0.25, 0.3) is 5.13 Å². The molecule has 0 spiro atoms. The number of thioether (sulfide) groups is 1. The highest BCUT2D eigenvalue weighted by atomic mass is 32.2. The molecule has 0 saturated heterocycles. The fourth-order valence-corrected chi connectivity index (χ4v) is 3.52. The molecule has 3 rings (SSSR count). The molecule has 0 aliphatic rings. The Bertz CT molecular complexity index is 821. The molecule has 0 saturated carbocycles. The Labute approximate surface area is 147 Å². The van der Waals surface area contributed by atoms with Gasteiger partial charge in [0.1, 0.15) is 5.69 Å². The van der Waals surface area contributed by atoms with E-state index >= 15 is 0 Å². The van der Waals surface area contributed by atoms with E-state index in [1.165, 1.54) is 11.3 Å². The summed E-state index contributed by atoms with van der Waals surface area (Å²) >= 11 is 7.36. The van der Waals surface area contributed by atoms with Crippen LogP contribution in [0, 0.1) is 6.92 Å². The van der Waals surface area contributed by atoms with Gasteiger partial charge in [-0.05, 0) is 36.9 Å². The van der Waals surface area contributed by atoms with Gasteiger partial charge in [0.05, 0.1) is 17.6 Å². The Kier molecular flexibility index (Phi) is 5.09. The number of hydrogen-bond acceptors (Lipinski definition) is 8. The first-order valence-corrected chi connectivity index (χ1v) is 9.14. The van der Waals surface area contributed by atoms with E-state index < -0.39 is 0 Å². The average Bonchev–Trinajstić information content (AvgIpc) is 3.13. The zero-order valence-electron chi connectivity index (χ0n) is 12.5. The summed E-state index contributed by atoms with van der Waals surface area (Å²) in [6.07, 6.45) is 1.84. The third kappa shape index (κ3) is 3.98. The molecule has 0 aliphatic heterocycles. The monoisotopic (exact) mass is 362 g/mol. The van der Waals surface area contributed by atoms with E-state index in [0.29, 0.717) is 10.8 Å². The van der Waals surface area contributed by atoms with E-state index in [-0.39, 0.29) is 0 Å². The van der Waals surface area contributed by atoms with Crippen LogP contribution in [-0.4, -0.2) is 25.7 Å². The molecule has 0 bridgehead atoms. The van der Waals surface area contributed by atoms with Crippen molar-refractivity contribution in [2.24, 2.45) is 10.2 Å². The smallest absolute Gasteiger partial charge is 0.238 e. The van der Waals surface area contributed by atoms with Gasteiger partial charge >= 0.3 is 0 Å². The lowest BCUT2D eigenvalue weighted by atomic mass is 10.3. The van der Waals surface area contributed by atoms with Crippen molar-refractivity contribution in [3.8, 4) is 5.69 Å². The second kappa shape index (κ2) is 7.24. The minimum absolute atomic E-state index is 0.549. The molecular formula is C14H14N6S3. The van der Waals surface area contributed by atoms with Gasteiger partial charge in [-0.2, -0.15) is 5.10 Å². The summed E-state index contributed by atoms with van der Waals surface area (Å²) in [6.45, 7) is 3.97. The van der Waals surface area contributed by atoms with Gasteiger partial charge in [-0.1, -0.05) is 30.0 Å². The minimum atomic E-state index is 0.549.